The second-order valence-corrected chi connectivity index (χ2v) is 7.93. The maximum atomic E-state index is 13.0. The number of esters is 1. The maximum Gasteiger partial charge on any atom is 0.310 e. The van der Waals surface area contributed by atoms with Crippen molar-refractivity contribution >= 4 is 39.1 Å². The molecule has 1 aliphatic rings. The number of anilines is 1. The smallest absolute Gasteiger partial charge is 0.310 e. The van der Waals surface area contributed by atoms with Crippen LogP contribution in [0.2, 0.25) is 0 Å². The fourth-order valence-corrected chi connectivity index (χ4v) is 4.32. The number of hydrogen-bond donors (Lipinski definition) is 1. The van der Waals surface area contributed by atoms with Crippen molar-refractivity contribution in [2.24, 2.45) is 5.92 Å². The van der Waals surface area contributed by atoms with Crippen molar-refractivity contribution in [1.29, 1.82) is 0 Å². The molecular formula is C19H25N3O3S. The summed E-state index contributed by atoms with van der Waals surface area (Å²) in [6.07, 6.45) is 1.54. The molecule has 1 amide bonds. The lowest BCUT2D eigenvalue weighted by atomic mass is 9.98. The molecule has 6 nitrogen and oxygen atoms in total. The largest absolute Gasteiger partial charge is 0.466 e. The van der Waals surface area contributed by atoms with Gasteiger partial charge in [-0.25, -0.2) is 4.98 Å². The topological polar surface area (TPSA) is 85.5 Å². The number of ether oxygens (including phenoxy) is 1. The first-order valence-electron chi connectivity index (χ1n) is 9.07. The molecule has 1 fully saturated rings. The van der Waals surface area contributed by atoms with Crippen LogP contribution in [0, 0.1) is 5.92 Å². The summed E-state index contributed by atoms with van der Waals surface area (Å²) in [6.45, 7) is 7.33. The SMILES string of the molecule is CCOC(=O)C1CCCN(C(=O)c2sc3nc(C(C)C)ccc3c2N)C1. The number of fused-ring (bicyclic) bond motifs is 1. The first-order valence-corrected chi connectivity index (χ1v) is 9.88. The molecule has 1 unspecified atom stereocenters. The second kappa shape index (κ2) is 7.61. The number of aromatic nitrogens is 1. The van der Waals surface area contributed by atoms with E-state index < -0.39 is 0 Å². The number of carbonyl (C=O) groups is 2. The summed E-state index contributed by atoms with van der Waals surface area (Å²) in [5, 5.41) is 0.821. The predicted molar refractivity (Wildman–Crippen MR) is 103 cm³/mol. The van der Waals surface area contributed by atoms with Crippen LogP contribution in [-0.4, -0.2) is 41.5 Å². The molecule has 140 valence electrons. The highest BCUT2D eigenvalue weighted by Crippen LogP contribution is 2.35. The van der Waals surface area contributed by atoms with E-state index in [1.807, 2.05) is 12.1 Å². The molecule has 0 saturated carbocycles. The van der Waals surface area contributed by atoms with E-state index in [1.165, 1.54) is 11.3 Å². The van der Waals surface area contributed by atoms with Crippen LogP contribution in [-0.2, 0) is 9.53 Å². The van der Waals surface area contributed by atoms with Gasteiger partial charge in [0.25, 0.3) is 5.91 Å². The summed E-state index contributed by atoms with van der Waals surface area (Å²) in [6, 6.07) is 3.90. The fourth-order valence-electron chi connectivity index (χ4n) is 3.25. The van der Waals surface area contributed by atoms with Gasteiger partial charge >= 0.3 is 5.97 Å². The normalized spacial score (nSPS) is 17.7. The lowest BCUT2D eigenvalue weighted by molar-refractivity contribution is -0.149. The van der Waals surface area contributed by atoms with Crippen LogP contribution in [0.3, 0.4) is 0 Å². The van der Waals surface area contributed by atoms with Crippen molar-refractivity contribution in [2.45, 2.75) is 39.5 Å². The third-order valence-electron chi connectivity index (χ3n) is 4.73. The number of piperidine rings is 1. The highest BCUT2D eigenvalue weighted by molar-refractivity contribution is 7.21. The van der Waals surface area contributed by atoms with Gasteiger partial charge in [-0.3, -0.25) is 9.59 Å². The number of hydrogen-bond acceptors (Lipinski definition) is 6. The Bertz CT molecular complexity index is 831. The van der Waals surface area contributed by atoms with Crippen LogP contribution < -0.4 is 5.73 Å². The lowest BCUT2D eigenvalue weighted by Gasteiger charge is -2.31. The first-order chi connectivity index (χ1) is 12.4. The zero-order chi connectivity index (χ0) is 18.8. The summed E-state index contributed by atoms with van der Waals surface area (Å²) < 4.78 is 5.11. The summed E-state index contributed by atoms with van der Waals surface area (Å²) in [4.78, 5) is 32.7. The average molecular weight is 375 g/mol. The van der Waals surface area contributed by atoms with E-state index >= 15 is 0 Å². The second-order valence-electron chi connectivity index (χ2n) is 6.93. The average Bonchev–Trinajstić information content (AvgIpc) is 2.97. The van der Waals surface area contributed by atoms with Gasteiger partial charge in [0.15, 0.2) is 0 Å². The lowest BCUT2D eigenvalue weighted by Crippen LogP contribution is -2.42. The van der Waals surface area contributed by atoms with Crippen molar-refractivity contribution < 1.29 is 14.3 Å². The molecule has 1 aliphatic heterocycles. The van der Waals surface area contributed by atoms with Crippen LogP contribution >= 0.6 is 11.3 Å². The van der Waals surface area contributed by atoms with Gasteiger partial charge < -0.3 is 15.4 Å². The molecule has 0 aliphatic carbocycles. The van der Waals surface area contributed by atoms with Crippen LogP contribution in [0.4, 0.5) is 5.69 Å². The number of amides is 1. The Morgan fingerprint density at radius 1 is 1.42 bits per heavy atom. The number of thiophene rings is 1. The van der Waals surface area contributed by atoms with E-state index in [0.717, 1.165) is 28.8 Å². The Balaban J connectivity index is 1.85. The molecule has 7 heteroatoms. The minimum absolute atomic E-state index is 0.120. The highest BCUT2D eigenvalue weighted by Gasteiger charge is 2.31. The number of nitrogens with zero attached hydrogens (tertiary/aromatic N) is 2. The minimum Gasteiger partial charge on any atom is -0.466 e. The van der Waals surface area contributed by atoms with Crippen LogP contribution in [0.1, 0.15) is 54.9 Å². The van der Waals surface area contributed by atoms with Gasteiger partial charge in [-0.15, -0.1) is 11.3 Å². The number of nitrogen functional groups attached to an aromatic ring is 1. The Labute approximate surface area is 157 Å². The third-order valence-corrected chi connectivity index (χ3v) is 5.83. The van der Waals surface area contributed by atoms with E-state index in [9.17, 15) is 9.59 Å². The van der Waals surface area contributed by atoms with Gasteiger partial charge in [-0.1, -0.05) is 13.8 Å². The monoisotopic (exact) mass is 375 g/mol. The molecule has 1 saturated heterocycles. The molecule has 0 aromatic carbocycles. The number of nitrogens with two attached hydrogens (primary N) is 1. The Hall–Kier alpha value is -2.15. The van der Waals surface area contributed by atoms with Gasteiger partial charge in [0.05, 0.1) is 18.2 Å². The van der Waals surface area contributed by atoms with Crippen molar-refractivity contribution in [3.05, 3.63) is 22.7 Å². The first kappa shape index (κ1) is 18.6. The van der Waals surface area contributed by atoms with Gasteiger partial charge in [0.1, 0.15) is 9.71 Å². The van der Waals surface area contributed by atoms with Crippen molar-refractivity contribution in [1.82, 2.24) is 9.88 Å². The number of rotatable bonds is 4. The number of pyridine rings is 1. The van der Waals surface area contributed by atoms with E-state index in [0.29, 0.717) is 36.2 Å². The van der Waals surface area contributed by atoms with Gasteiger partial charge in [0, 0.05) is 24.2 Å². The molecule has 26 heavy (non-hydrogen) atoms. The predicted octanol–water partition coefficient (Wildman–Crippen LogP) is 3.42. The quantitative estimate of drug-likeness (QED) is 0.828. The Morgan fingerprint density at radius 3 is 2.88 bits per heavy atom. The highest BCUT2D eigenvalue weighted by atomic mass is 32.1. The van der Waals surface area contributed by atoms with Crippen molar-refractivity contribution in [2.75, 3.05) is 25.4 Å². The van der Waals surface area contributed by atoms with E-state index in [1.54, 1.807) is 11.8 Å². The van der Waals surface area contributed by atoms with Gasteiger partial charge in [-0.2, -0.15) is 0 Å². The summed E-state index contributed by atoms with van der Waals surface area (Å²) in [5.74, 6) is -0.286. The number of likely N-dealkylation sites (tertiary alicyclic amines) is 1. The van der Waals surface area contributed by atoms with Gasteiger partial charge in [0.2, 0.25) is 0 Å². The summed E-state index contributed by atoms with van der Waals surface area (Å²) >= 11 is 1.33. The fraction of sp³-hybridized carbons (Fsp3) is 0.526. The van der Waals surface area contributed by atoms with E-state index in [4.69, 9.17) is 10.5 Å². The summed E-state index contributed by atoms with van der Waals surface area (Å²) in [5.41, 5.74) is 7.71. The van der Waals surface area contributed by atoms with Crippen LogP contribution in [0.25, 0.3) is 10.2 Å². The maximum absolute atomic E-state index is 13.0. The molecule has 0 spiro atoms. The minimum atomic E-state index is -0.256. The summed E-state index contributed by atoms with van der Waals surface area (Å²) in [7, 11) is 0. The van der Waals surface area contributed by atoms with E-state index in [2.05, 4.69) is 18.8 Å². The number of carbonyl (C=O) groups excluding carboxylic acids is 2. The molecule has 0 radical (unpaired) electrons. The molecular weight excluding hydrogens is 350 g/mol. The molecule has 0 bridgehead atoms. The molecule has 2 aromatic heterocycles. The van der Waals surface area contributed by atoms with Crippen LogP contribution in [0.5, 0.6) is 0 Å². The van der Waals surface area contributed by atoms with Crippen molar-refractivity contribution in [3.63, 3.8) is 0 Å². The van der Waals surface area contributed by atoms with Crippen LogP contribution in [0.15, 0.2) is 12.1 Å². The zero-order valence-corrected chi connectivity index (χ0v) is 16.3. The van der Waals surface area contributed by atoms with Gasteiger partial charge in [-0.05, 0) is 37.8 Å². The Kier molecular flexibility index (Phi) is 5.46. The molecule has 3 rings (SSSR count). The molecule has 3 heterocycles. The third kappa shape index (κ3) is 3.53. The van der Waals surface area contributed by atoms with E-state index in [-0.39, 0.29) is 17.8 Å². The zero-order valence-electron chi connectivity index (χ0n) is 15.4. The molecule has 2 N–H and O–H groups in total. The molecule has 1 atom stereocenters. The molecule has 2 aromatic rings. The standard InChI is InChI=1S/C19H25N3O3S/c1-4-25-19(24)12-6-5-9-22(10-12)18(23)16-15(20)13-7-8-14(11(2)3)21-17(13)26-16/h7-8,11-12H,4-6,9-10,20H2,1-3H3. The van der Waals surface area contributed by atoms with Crippen molar-refractivity contribution in [3.8, 4) is 0 Å². The Morgan fingerprint density at radius 2 is 2.19 bits per heavy atom.